The molecule has 1 fully saturated rings. The molecule has 0 saturated carbocycles. The van der Waals surface area contributed by atoms with Crippen molar-refractivity contribution in [2.45, 2.75) is 38.4 Å². The fourth-order valence-corrected chi connectivity index (χ4v) is 4.48. The van der Waals surface area contributed by atoms with Crippen molar-refractivity contribution in [1.82, 2.24) is 4.90 Å². The number of carbonyl (C=O) groups is 1. The molecule has 0 bridgehead atoms. The van der Waals surface area contributed by atoms with Crippen LogP contribution in [0.4, 0.5) is 5.69 Å². The van der Waals surface area contributed by atoms with E-state index in [2.05, 4.69) is 43.9 Å². The Morgan fingerprint density at radius 3 is 2.46 bits per heavy atom. The molecule has 0 aromatic heterocycles. The van der Waals surface area contributed by atoms with Gasteiger partial charge in [0.2, 0.25) is 5.91 Å². The summed E-state index contributed by atoms with van der Waals surface area (Å²) in [5.41, 5.74) is 2.88. The van der Waals surface area contributed by atoms with Gasteiger partial charge in [-0.25, -0.2) is 0 Å². The Kier molecular flexibility index (Phi) is 3.23. The average molecular weight is 341 g/mol. The minimum absolute atomic E-state index is 0.153. The number of hydrogen-bond donors (Lipinski definition) is 0. The normalized spacial score (nSPS) is 24.2. The molecule has 24 heavy (non-hydrogen) atoms. The minimum atomic E-state index is -0.396. The lowest BCUT2D eigenvalue weighted by Crippen LogP contribution is -2.59. The number of fused-ring (bicyclic) bond motifs is 3. The largest absolute Gasteiger partial charge is 0.338 e. The Morgan fingerprint density at radius 1 is 1.04 bits per heavy atom. The van der Waals surface area contributed by atoms with Crippen molar-refractivity contribution in [3.05, 3.63) is 64.7 Å². The summed E-state index contributed by atoms with van der Waals surface area (Å²) in [7, 11) is 0. The van der Waals surface area contributed by atoms with E-state index in [-0.39, 0.29) is 11.3 Å². The predicted molar refractivity (Wildman–Crippen MR) is 97.2 cm³/mol. The van der Waals surface area contributed by atoms with Gasteiger partial charge < -0.3 is 9.80 Å². The molecule has 4 heteroatoms. The van der Waals surface area contributed by atoms with Gasteiger partial charge in [0, 0.05) is 22.7 Å². The van der Waals surface area contributed by atoms with E-state index in [0.717, 1.165) is 5.56 Å². The number of carbonyl (C=O) groups excluding carboxylic acids is 1. The van der Waals surface area contributed by atoms with Gasteiger partial charge in [-0.1, -0.05) is 61.8 Å². The van der Waals surface area contributed by atoms with Crippen LogP contribution in [0.5, 0.6) is 0 Å². The number of benzene rings is 2. The van der Waals surface area contributed by atoms with Crippen LogP contribution < -0.4 is 4.90 Å². The third-order valence-electron chi connectivity index (χ3n) is 5.98. The minimum Gasteiger partial charge on any atom is -0.338 e. The third-order valence-corrected chi connectivity index (χ3v) is 6.35. The molecule has 2 heterocycles. The third kappa shape index (κ3) is 1.82. The zero-order valence-corrected chi connectivity index (χ0v) is 15.0. The summed E-state index contributed by atoms with van der Waals surface area (Å²) in [4.78, 5) is 17.1. The van der Waals surface area contributed by atoms with Crippen LogP contribution in [0.25, 0.3) is 0 Å². The SMILES string of the molecule is CC1(C)c2ccccc2N2CC(=O)N(Cc3ccccc3Cl)C21C. The highest BCUT2D eigenvalue weighted by atomic mass is 35.5. The molecule has 2 aromatic rings. The summed E-state index contributed by atoms with van der Waals surface area (Å²) < 4.78 is 0. The number of nitrogens with zero attached hydrogens (tertiary/aromatic N) is 2. The van der Waals surface area contributed by atoms with Crippen molar-refractivity contribution >= 4 is 23.2 Å². The van der Waals surface area contributed by atoms with E-state index < -0.39 is 5.66 Å². The molecule has 3 nitrogen and oxygen atoms in total. The molecule has 2 aliphatic heterocycles. The smallest absolute Gasteiger partial charge is 0.244 e. The van der Waals surface area contributed by atoms with Crippen LogP contribution in [0.1, 0.15) is 31.9 Å². The van der Waals surface area contributed by atoms with Crippen molar-refractivity contribution in [1.29, 1.82) is 0 Å². The Labute approximate surface area is 147 Å². The number of hydrogen-bond acceptors (Lipinski definition) is 2. The predicted octanol–water partition coefficient (Wildman–Crippen LogP) is 4.20. The summed E-state index contributed by atoms with van der Waals surface area (Å²) in [6, 6.07) is 16.2. The molecular weight excluding hydrogens is 320 g/mol. The highest BCUT2D eigenvalue weighted by molar-refractivity contribution is 6.31. The average Bonchev–Trinajstić information content (AvgIpc) is 2.91. The van der Waals surface area contributed by atoms with Crippen LogP contribution in [-0.2, 0) is 16.8 Å². The Bertz CT molecular complexity index is 832. The fraction of sp³-hybridized carbons (Fsp3) is 0.350. The second kappa shape index (κ2) is 5.00. The van der Waals surface area contributed by atoms with E-state index in [0.29, 0.717) is 18.1 Å². The number of amides is 1. The van der Waals surface area contributed by atoms with Gasteiger partial charge in [0.25, 0.3) is 0 Å². The Balaban J connectivity index is 1.81. The molecule has 0 spiro atoms. The lowest BCUT2D eigenvalue weighted by Gasteiger charge is -2.46. The lowest BCUT2D eigenvalue weighted by atomic mass is 9.76. The van der Waals surface area contributed by atoms with Gasteiger partial charge in [0.05, 0.1) is 6.54 Å². The second-order valence-corrected chi connectivity index (χ2v) is 7.73. The first-order chi connectivity index (χ1) is 11.4. The van der Waals surface area contributed by atoms with E-state index in [4.69, 9.17) is 11.6 Å². The zero-order chi connectivity index (χ0) is 17.1. The van der Waals surface area contributed by atoms with Gasteiger partial charge in [-0.05, 0) is 30.2 Å². The topological polar surface area (TPSA) is 23.6 Å². The molecule has 0 radical (unpaired) electrons. The lowest BCUT2D eigenvalue weighted by molar-refractivity contribution is -0.132. The molecule has 2 aromatic carbocycles. The highest BCUT2D eigenvalue weighted by Gasteiger charge is 2.62. The zero-order valence-electron chi connectivity index (χ0n) is 14.2. The van der Waals surface area contributed by atoms with Crippen LogP contribution in [0.2, 0.25) is 5.02 Å². The maximum Gasteiger partial charge on any atom is 0.244 e. The Hall–Kier alpha value is -2.00. The molecule has 1 saturated heterocycles. The molecule has 0 aliphatic carbocycles. The first-order valence-electron chi connectivity index (χ1n) is 8.28. The summed E-state index contributed by atoms with van der Waals surface area (Å²) in [5, 5.41) is 0.709. The quantitative estimate of drug-likeness (QED) is 0.818. The summed E-state index contributed by atoms with van der Waals surface area (Å²) in [5.74, 6) is 0.153. The highest BCUT2D eigenvalue weighted by Crippen LogP contribution is 2.55. The summed E-state index contributed by atoms with van der Waals surface area (Å²) in [6.45, 7) is 7.58. The molecule has 0 N–H and O–H groups in total. The van der Waals surface area contributed by atoms with E-state index >= 15 is 0 Å². The van der Waals surface area contributed by atoms with Crippen molar-refractivity contribution in [2.24, 2.45) is 0 Å². The Morgan fingerprint density at radius 2 is 1.71 bits per heavy atom. The maximum atomic E-state index is 12.8. The first-order valence-corrected chi connectivity index (χ1v) is 8.66. The second-order valence-electron chi connectivity index (χ2n) is 7.32. The molecule has 1 amide bonds. The molecule has 4 rings (SSSR count). The van der Waals surface area contributed by atoms with Crippen LogP contribution >= 0.6 is 11.6 Å². The van der Waals surface area contributed by atoms with Gasteiger partial charge in [-0.15, -0.1) is 0 Å². The fourth-order valence-electron chi connectivity index (χ4n) is 4.29. The standard InChI is InChI=1S/C20H21ClN2O/c1-19(2)15-9-5-7-11-17(15)22-13-18(24)23(20(19,22)3)12-14-8-4-6-10-16(14)21/h4-11H,12-13H2,1-3H3. The van der Waals surface area contributed by atoms with E-state index in [1.54, 1.807) is 0 Å². The molecule has 1 unspecified atom stereocenters. The van der Waals surface area contributed by atoms with Crippen LogP contribution in [0, 0.1) is 0 Å². The van der Waals surface area contributed by atoms with Crippen molar-refractivity contribution in [3.63, 3.8) is 0 Å². The van der Waals surface area contributed by atoms with Gasteiger partial charge in [-0.3, -0.25) is 4.79 Å². The molecule has 2 aliphatic rings. The number of halogens is 1. The van der Waals surface area contributed by atoms with E-state index in [1.807, 2.05) is 35.2 Å². The monoisotopic (exact) mass is 340 g/mol. The van der Waals surface area contributed by atoms with Gasteiger partial charge in [-0.2, -0.15) is 0 Å². The molecular formula is C20H21ClN2O. The van der Waals surface area contributed by atoms with Gasteiger partial charge in [0.1, 0.15) is 5.66 Å². The molecule has 124 valence electrons. The van der Waals surface area contributed by atoms with Crippen LogP contribution in [0.3, 0.4) is 0 Å². The van der Waals surface area contributed by atoms with Gasteiger partial charge in [0.15, 0.2) is 0 Å². The maximum absolute atomic E-state index is 12.8. The molecule has 1 atom stereocenters. The van der Waals surface area contributed by atoms with Crippen LogP contribution in [-0.4, -0.2) is 23.0 Å². The number of rotatable bonds is 2. The van der Waals surface area contributed by atoms with Gasteiger partial charge >= 0.3 is 0 Å². The van der Waals surface area contributed by atoms with Crippen molar-refractivity contribution in [2.75, 3.05) is 11.4 Å². The van der Waals surface area contributed by atoms with E-state index in [9.17, 15) is 4.79 Å². The van der Waals surface area contributed by atoms with Crippen molar-refractivity contribution < 1.29 is 4.79 Å². The van der Waals surface area contributed by atoms with Crippen molar-refractivity contribution in [3.8, 4) is 0 Å². The first kappa shape index (κ1) is 15.5. The summed E-state index contributed by atoms with van der Waals surface area (Å²) >= 11 is 6.35. The van der Waals surface area contributed by atoms with Crippen LogP contribution in [0.15, 0.2) is 48.5 Å². The number of anilines is 1. The van der Waals surface area contributed by atoms with E-state index in [1.165, 1.54) is 11.3 Å². The number of para-hydroxylation sites is 1. The summed E-state index contributed by atoms with van der Waals surface area (Å²) in [6.07, 6.45) is 0.